The first-order valence-electron chi connectivity index (χ1n) is 25.7. The molecule has 29 nitrogen and oxygen atoms in total. The molecule has 0 radical (unpaired) electrons. The van der Waals surface area contributed by atoms with Crippen molar-refractivity contribution in [3.05, 3.63) is 0 Å². The van der Waals surface area contributed by atoms with E-state index in [1.165, 1.54) is 16.7 Å². The van der Waals surface area contributed by atoms with Crippen molar-refractivity contribution in [1.29, 1.82) is 0 Å². The first-order chi connectivity index (χ1) is 36.0. The van der Waals surface area contributed by atoms with Gasteiger partial charge in [0.15, 0.2) is 0 Å². The number of unbranched alkanes of at least 4 members (excludes halogenated alkanes) is 2. The average molecular weight is 1080 g/mol. The number of carbonyl (C=O) groups is 13. The summed E-state index contributed by atoms with van der Waals surface area (Å²) in [7, 11) is 0. The molecule has 3 fully saturated rings. The number of hydrogen-bond donors (Lipinski definition) is 13. The third kappa shape index (κ3) is 19.6. The lowest BCUT2D eigenvalue weighted by atomic mass is 10.0. The van der Waals surface area contributed by atoms with E-state index >= 15 is 0 Å². The second-order valence-electron chi connectivity index (χ2n) is 19.1. The van der Waals surface area contributed by atoms with E-state index in [1.807, 2.05) is 0 Å². The Morgan fingerprint density at radius 3 is 1.28 bits per heavy atom. The minimum atomic E-state index is -1.73. The van der Waals surface area contributed by atoms with Gasteiger partial charge in [0.05, 0.1) is 6.61 Å². The van der Waals surface area contributed by atoms with Crippen LogP contribution in [-0.4, -0.2) is 206 Å². The smallest absolute Gasteiger partial charge is 0.303 e. The Bertz CT molecular complexity index is 2110. The number of hydrogen-bond acceptors (Lipinski definition) is 16. The summed E-state index contributed by atoms with van der Waals surface area (Å²) in [6.07, 6.45) is 0.444. The summed E-state index contributed by atoms with van der Waals surface area (Å²) in [6.45, 7) is 0.962. The Labute approximate surface area is 438 Å². The predicted octanol–water partition coefficient (Wildman–Crippen LogP) is -4.78. The number of carboxylic acids is 3. The zero-order chi connectivity index (χ0) is 56.6. The third-order valence-corrected chi connectivity index (χ3v) is 13.4. The summed E-state index contributed by atoms with van der Waals surface area (Å²) in [5, 5.41) is 53.2. The fraction of sp³-hybridized carbons (Fsp3) is 0.723. The molecule has 0 saturated carbocycles. The van der Waals surface area contributed by atoms with Gasteiger partial charge >= 0.3 is 17.9 Å². The summed E-state index contributed by atoms with van der Waals surface area (Å²) in [5.74, 6) is -12.2. The number of carboxylic acid groups (broad SMARTS) is 3. The van der Waals surface area contributed by atoms with E-state index in [-0.39, 0.29) is 58.2 Å². The van der Waals surface area contributed by atoms with Gasteiger partial charge in [-0.1, -0.05) is 0 Å². The molecule has 10 amide bonds. The van der Waals surface area contributed by atoms with Gasteiger partial charge in [0.25, 0.3) is 0 Å². The molecule has 0 unspecified atom stereocenters. The number of primary amides is 1. The molecule has 3 saturated heterocycles. The van der Waals surface area contributed by atoms with E-state index in [9.17, 15) is 77.6 Å². The summed E-state index contributed by atoms with van der Waals surface area (Å²) >= 11 is 0. The van der Waals surface area contributed by atoms with Gasteiger partial charge in [-0.25, -0.2) is 0 Å². The summed E-state index contributed by atoms with van der Waals surface area (Å²) in [4.78, 5) is 173. The highest BCUT2D eigenvalue weighted by molar-refractivity contribution is 5.99. The molecule has 0 bridgehead atoms. The van der Waals surface area contributed by atoms with E-state index < -0.39 is 176 Å². The lowest BCUT2D eigenvalue weighted by Crippen LogP contribution is -2.60. The fourth-order valence-electron chi connectivity index (χ4n) is 9.41. The minimum absolute atomic E-state index is 0.0216. The van der Waals surface area contributed by atoms with Crippen molar-refractivity contribution in [3.63, 3.8) is 0 Å². The quantitative estimate of drug-likeness (QED) is 0.0274. The Morgan fingerprint density at radius 2 is 0.842 bits per heavy atom. The minimum Gasteiger partial charge on any atom is -0.481 e. The van der Waals surface area contributed by atoms with Gasteiger partial charge in [0.2, 0.25) is 59.1 Å². The number of amides is 10. The molecule has 76 heavy (non-hydrogen) atoms. The molecule has 0 aromatic rings. The van der Waals surface area contributed by atoms with Crippen LogP contribution in [0.25, 0.3) is 0 Å². The van der Waals surface area contributed by atoms with Crippen LogP contribution < -0.4 is 49.1 Å². The maximum atomic E-state index is 14.2. The largest absolute Gasteiger partial charge is 0.481 e. The second kappa shape index (κ2) is 31.8. The third-order valence-electron chi connectivity index (χ3n) is 13.4. The fourth-order valence-corrected chi connectivity index (χ4v) is 9.41. The van der Waals surface area contributed by atoms with Gasteiger partial charge in [0, 0.05) is 45.8 Å². The number of aliphatic carboxylic acids is 3. The monoisotopic (exact) mass is 1080 g/mol. The van der Waals surface area contributed by atoms with Crippen LogP contribution in [0.1, 0.15) is 122 Å². The Kier molecular flexibility index (Phi) is 26.5. The maximum absolute atomic E-state index is 14.2. The molecule has 0 aliphatic carbocycles. The number of carbonyl (C=O) groups excluding carboxylic acids is 10. The Balaban J connectivity index is 1.77. The molecule has 16 N–H and O–H groups in total. The molecular formula is C47H76N12O17. The molecule has 3 aliphatic rings. The Hall–Kier alpha value is -7.01. The molecular weight excluding hydrogens is 1000 g/mol. The average Bonchev–Trinajstić information content (AvgIpc) is 4.18. The van der Waals surface area contributed by atoms with Crippen LogP contribution in [0, 0.1) is 0 Å². The zero-order valence-corrected chi connectivity index (χ0v) is 42.8. The number of likely N-dealkylation sites (tertiary alicyclic amines) is 3. The van der Waals surface area contributed by atoms with Crippen LogP contribution in [0.15, 0.2) is 0 Å². The SMILES string of the molecule is CC(=O)N[C@@H](CCCCN)C(=O)N[C@@H](CCCCN)C(=O)N1CCC[C@H]1C(=O)N[C@@H](CCC(=O)O)C(=O)N[C@@H](CO)C(=O)N1CCC[C@H]1C(=O)N1CCC[C@H]1C(=O)N[C@@H](CCC(=O)O)C(=O)N[C@@H](CCC(=O)O)C(N)=O. The highest BCUT2D eigenvalue weighted by Gasteiger charge is 2.45. The van der Waals surface area contributed by atoms with Crippen molar-refractivity contribution in [3.8, 4) is 0 Å². The summed E-state index contributed by atoms with van der Waals surface area (Å²) < 4.78 is 0. The molecule has 3 heterocycles. The van der Waals surface area contributed by atoms with Gasteiger partial charge < -0.3 is 84.2 Å². The van der Waals surface area contributed by atoms with Gasteiger partial charge in [-0.05, 0) is 109 Å². The van der Waals surface area contributed by atoms with Crippen molar-refractivity contribution in [2.45, 2.75) is 177 Å². The molecule has 0 aromatic heterocycles. The van der Waals surface area contributed by atoms with Crippen molar-refractivity contribution in [1.82, 2.24) is 46.6 Å². The van der Waals surface area contributed by atoms with Crippen LogP contribution >= 0.6 is 0 Å². The van der Waals surface area contributed by atoms with Gasteiger partial charge in [-0.15, -0.1) is 0 Å². The van der Waals surface area contributed by atoms with Crippen LogP contribution in [-0.2, 0) is 62.3 Å². The summed E-state index contributed by atoms with van der Waals surface area (Å²) in [6, 6.07) is -12.1. The molecule has 426 valence electrons. The molecule has 0 aromatic carbocycles. The van der Waals surface area contributed by atoms with E-state index in [1.54, 1.807) is 0 Å². The Morgan fingerprint density at radius 1 is 0.474 bits per heavy atom. The van der Waals surface area contributed by atoms with Crippen molar-refractivity contribution >= 4 is 77.0 Å². The highest BCUT2D eigenvalue weighted by Crippen LogP contribution is 2.26. The first kappa shape index (κ1) is 63.3. The van der Waals surface area contributed by atoms with E-state index in [0.29, 0.717) is 51.6 Å². The molecule has 29 heteroatoms. The highest BCUT2D eigenvalue weighted by atomic mass is 16.4. The summed E-state index contributed by atoms with van der Waals surface area (Å²) in [5.41, 5.74) is 16.6. The number of aliphatic hydroxyl groups excluding tert-OH is 1. The van der Waals surface area contributed by atoms with Gasteiger partial charge in [0.1, 0.15) is 54.4 Å². The number of nitrogens with zero attached hydrogens (tertiary/aromatic N) is 3. The van der Waals surface area contributed by atoms with Crippen LogP contribution in [0.3, 0.4) is 0 Å². The lowest BCUT2D eigenvalue weighted by molar-refractivity contribution is -0.148. The van der Waals surface area contributed by atoms with E-state index in [4.69, 9.17) is 22.3 Å². The van der Waals surface area contributed by atoms with Crippen LogP contribution in [0.4, 0.5) is 0 Å². The first-order valence-corrected chi connectivity index (χ1v) is 25.7. The van der Waals surface area contributed by atoms with Gasteiger partial charge in [-0.3, -0.25) is 62.3 Å². The number of nitrogens with one attached hydrogen (secondary N) is 6. The lowest BCUT2D eigenvalue weighted by Gasteiger charge is -2.33. The topological polar surface area (TPSA) is 463 Å². The van der Waals surface area contributed by atoms with Crippen molar-refractivity contribution in [2.75, 3.05) is 39.3 Å². The van der Waals surface area contributed by atoms with Crippen molar-refractivity contribution < 1.29 is 82.8 Å². The van der Waals surface area contributed by atoms with E-state index in [0.717, 1.165) is 4.90 Å². The normalized spacial score (nSPS) is 19.5. The number of nitrogens with two attached hydrogens (primary N) is 3. The van der Waals surface area contributed by atoms with Crippen LogP contribution in [0.5, 0.6) is 0 Å². The number of rotatable bonds is 33. The molecule has 3 rings (SSSR count). The zero-order valence-electron chi connectivity index (χ0n) is 42.8. The number of aliphatic hydroxyl groups is 1. The second-order valence-corrected chi connectivity index (χ2v) is 19.1. The van der Waals surface area contributed by atoms with Gasteiger partial charge in [-0.2, -0.15) is 0 Å². The maximum Gasteiger partial charge on any atom is 0.303 e. The van der Waals surface area contributed by atoms with Crippen molar-refractivity contribution in [2.24, 2.45) is 17.2 Å². The van der Waals surface area contributed by atoms with Crippen LogP contribution in [0.2, 0.25) is 0 Å². The molecule has 0 spiro atoms. The standard InChI is InChI=1S/C47H76N12O17/c1-26(61)51-28(9-2-4-20-48)40(69)55-31(10-3-5-21-49)45(74)57-22-6-11-33(57)43(72)54-30(16-19-38(66)67)42(71)56-32(25-60)46(75)59-24-8-13-35(59)47(76)58-23-7-12-34(58)44(73)53-29(15-18-37(64)65)41(70)52-27(39(50)68)14-17-36(62)63/h27-35,60H,2-25,48-49H2,1H3,(H2,50,68)(H,51,61)(H,52,70)(H,53,73)(H,54,72)(H,55,69)(H,56,71)(H,62,63)(H,64,65)(H,66,67)/t27-,28-,29-,30-,31-,32-,33-,34-,35-/m0/s1. The molecule has 3 aliphatic heterocycles. The molecule has 9 atom stereocenters. The van der Waals surface area contributed by atoms with E-state index in [2.05, 4.69) is 31.9 Å². The predicted molar refractivity (Wildman–Crippen MR) is 264 cm³/mol.